The molecule has 0 saturated carbocycles. The molecule has 35 heavy (non-hydrogen) atoms. The van der Waals surface area contributed by atoms with Gasteiger partial charge in [0.25, 0.3) is 0 Å². The number of hydrogen-bond acceptors (Lipinski definition) is 6. The van der Waals surface area contributed by atoms with Crippen molar-refractivity contribution in [2.75, 3.05) is 26.4 Å². The summed E-state index contributed by atoms with van der Waals surface area (Å²) >= 11 is 0. The number of hydrogen-bond donors (Lipinski definition) is 1. The number of amides is 1. The zero-order valence-electron chi connectivity index (χ0n) is 19.0. The highest BCUT2D eigenvalue weighted by Gasteiger charge is 2.37. The Morgan fingerprint density at radius 1 is 1.14 bits per heavy atom. The van der Waals surface area contributed by atoms with E-state index in [1.165, 1.54) is 6.07 Å². The van der Waals surface area contributed by atoms with Crippen LogP contribution in [0.3, 0.4) is 0 Å². The molecule has 1 unspecified atom stereocenters. The van der Waals surface area contributed by atoms with Crippen LogP contribution in [0, 0.1) is 5.92 Å². The molecule has 0 bridgehead atoms. The number of fused-ring (bicyclic) bond motifs is 1. The van der Waals surface area contributed by atoms with Crippen LogP contribution in [0.1, 0.15) is 47.7 Å². The molecule has 0 radical (unpaired) electrons. The van der Waals surface area contributed by atoms with E-state index in [4.69, 9.17) is 14.2 Å². The zero-order chi connectivity index (χ0) is 24.4. The Morgan fingerprint density at radius 2 is 1.97 bits per heavy atom. The number of alkyl halides is 3. The van der Waals surface area contributed by atoms with Crippen molar-refractivity contribution in [2.24, 2.45) is 10.9 Å². The summed E-state index contributed by atoms with van der Waals surface area (Å²) in [4.78, 5) is 20.6. The van der Waals surface area contributed by atoms with Crippen molar-refractivity contribution in [3.05, 3.63) is 58.9 Å². The molecule has 0 spiro atoms. The van der Waals surface area contributed by atoms with Gasteiger partial charge in [0, 0.05) is 44.3 Å². The number of aliphatic imine (C=N–C) groups is 1. The van der Waals surface area contributed by atoms with Crippen molar-refractivity contribution in [1.82, 2.24) is 10.3 Å². The topological polar surface area (TPSA) is 82.0 Å². The summed E-state index contributed by atoms with van der Waals surface area (Å²) in [6.07, 6.45) is -1.41. The van der Waals surface area contributed by atoms with Crippen LogP contribution in [0.5, 0.6) is 5.75 Å². The molecular formula is C25H26F3N3O4. The normalized spacial score (nSPS) is 22.8. The molecule has 1 aromatic heterocycles. The Morgan fingerprint density at radius 3 is 2.71 bits per heavy atom. The number of pyridine rings is 1. The predicted octanol–water partition coefficient (Wildman–Crippen LogP) is 3.85. The zero-order valence-corrected chi connectivity index (χ0v) is 19.0. The molecule has 10 heteroatoms. The first kappa shape index (κ1) is 23.6. The molecule has 1 aromatic carbocycles. The van der Waals surface area contributed by atoms with E-state index in [2.05, 4.69) is 15.3 Å². The van der Waals surface area contributed by atoms with Crippen molar-refractivity contribution in [2.45, 2.75) is 44.0 Å². The van der Waals surface area contributed by atoms with Crippen LogP contribution < -0.4 is 10.1 Å². The fourth-order valence-corrected chi connectivity index (χ4v) is 4.57. The van der Waals surface area contributed by atoms with Crippen LogP contribution in [-0.4, -0.2) is 49.3 Å². The number of nitrogens with zero attached hydrogens (tertiary/aromatic N) is 2. The summed E-state index contributed by atoms with van der Waals surface area (Å²) in [5.41, 5.74) is 1.02. The molecule has 1 amide bonds. The Labute approximate surface area is 200 Å². The van der Waals surface area contributed by atoms with E-state index in [-0.39, 0.29) is 30.3 Å². The lowest BCUT2D eigenvalue weighted by molar-refractivity contribution is -0.139. The van der Waals surface area contributed by atoms with Gasteiger partial charge in [0.15, 0.2) is 0 Å². The fraction of sp³-hybridized carbons (Fsp3) is 0.480. The highest BCUT2D eigenvalue weighted by atomic mass is 19.4. The summed E-state index contributed by atoms with van der Waals surface area (Å²) in [7, 11) is 0. The van der Waals surface area contributed by atoms with Crippen molar-refractivity contribution in [1.29, 1.82) is 0 Å². The van der Waals surface area contributed by atoms with Gasteiger partial charge in [-0.25, -0.2) is 4.99 Å². The van der Waals surface area contributed by atoms with Gasteiger partial charge in [-0.2, -0.15) is 13.2 Å². The Bertz CT molecular complexity index is 1120. The van der Waals surface area contributed by atoms with Crippen LogP contribution in [0.4, 0.5) is 13.2 Å². The van der Waals surface area contributed by atoms with Gasteiger partial charge >= 0.3 is 6.18 Å². The fourth-order valence-electron chi connectivity index (χ4n) is 4.57. The summed E-state index contributed by atoms with van der Waals surface area (Å²) in [5.74, 6) is 0.150. The molecule has 4 heterocycles. The molecule has 0 aliphatic carbocycles. The van der Waals surface area contributed by atoms with E-state index in [0.29, 0.717) is 62.6 Å². The minimum Gasteiger partial charge on any atom is -0.490 e. The molecular weight excluding hydrogens is 463 g/mol. The second-order valence-electron chi connectivity index (χ2n) is 9.02. The number of carbonyl (C=O) groups is 1. The number of ether oxygens (including phenoxy) is 3. The predicted molar refractivity (Wildman–Crippen MR) is 120 cm³/mol. The third-order valence-electron chi connectivity index (χ3n) is 6.45. The minimum atomic E-state index is -4.58. The number of carbonyl (C=O) groups excluding carboxylic acids is 1. The molecule has 2 fully saturated rings. The van der Waals surface area contributed by atoms with E-state index in [1.54, 1.807) is 18.3 Å². The maximum Gasteiger partial charge on any atom is 0.419 e. The average Bonchev–Trinajstić information content (AvgIpc) is 3.27. The van der Waals surface area contributed by atoms with Gasteiger partial charge in [-0.3, -0.25) is 9.78 Å². The summed E-state index contributed by atoms with van der Waals surface area (Å²) < 4.78 is 58.9. The summed E-state index contributed by atoms with van der Waals surface area (Å²) in [6.45, 7) is 1.76. The second kappa shape index (κ2) is 9.85. The number of rotatable bonds is 5. The Hall–Kier alpha value is -3.14. The smallest absolute Gasteiger partial charge is 0.419 e. The van der Waals surface area contributed by atoms with Gasteiger partial charge in [-0.15, -0.1) is 0 Å². The van der Waals surface area contributed by atoms with E-state index < -0.39 is 17.8 Å². The van der Waals surface area contributed by atoms with E-state index in [1.807, 2.05) is 6.07 Å². The molecule has 2 aromatic rings. The molecule has 3 aliphatic rings. The second-order valence-corrected chi connectivity index (χ2v) is 9.02. The lowest BCUT2D eigenvalue weighted by atomic mass is 9.95. The lowest BCUT2D eigenvalue weighted by Crippen LogP contribution is -2.27. The summed E-state index contributed by atoms with van der Waals surface area (Å²) in [5, 5.41) is 2.77. The van der Waals surface area contributed by atoms with Gasteiger partial charge in [-0.1, -0.05) is 6.07 Å². The van der Waals surface area contributed by atoms with Crippen LogP contribution in [0.25, 0.3) is 0 Å². The first-order chi connectivity index (χ1) is 16.9. The first-order valence-electron chi connectivity index (χ1n) is 11.7. The Balaban J connectivity index is 1.41. The molecule has 2 saturated heterocycles. The van der Waals surface area contributed by atoms with E-state index >= 15 is 0 Å². The monoisotopic (exact) mass is 489 g/mol. The Kier molecular flexibility index (Phi) is 6.64. The molecule has 186 valence electrons. The third-order valence-corrected chi connectivity index (χ3v) is 6.45. The standard InChI is InChI=1S/C25H26F3N3O4/c26-25(27,28)19-11-16(3-4-22(19)35-17-5-8-33-9-6-17)20-12-21-18(2-1-7-29-21)24(31-20)34-14-15-10-23(32)30-13-15/h1-4,7,11,15,17,20H,5-6,8-10,12-14H2,(H,30,32)/t15-,20?/m1/s1. The van der Waals surface area contributed by atoms with Crippen LogP contribution >= 0.6 is 0 Å². The molecule has 3 aliphatic heterocycles. The first-order valence-corrected chi connectivity index (χ1v) is 11.7. The maximum absolute atomic E-state index is 14.0. The van der Waals surface area contributed by atoms with Crippen molar-refractivity contribution in [3.8, 4) is 5.75 Å². The minimum absolute atomic E-state index is 0.0177. The number of halogens is 3. The van der Waals surface area contributed by atoms with Crippen molar-refractivity contribution >= 4 is 11.8 Å². The SMILES string of the molecule is O=C1C[C@@H](COC2=NC(c3ccc(OC4CCOCC4)c(C(F)(F)F)c3)Cc3ncccc32)CN1. The van der Waals surface area contributed by atoms with E-state index in [0.717, 1.165) is 11.6 Å². The van der Waals surface area contributed by atoms with Crippen molar-refractivity contribution in [3.63, 3.8) is 0 Å². The number of benzene rings is 1. The molecule has 1 N–H and O–H groups in total. The largest absolute Gasteiger partial charge is 0.490 e. The van der Waals surface area contributed by atoms with E-state index in [9.17, 15) is 18.0 Å². The molecule has 5 rings (SSSR count). The highest BCUT2D eigenvalue weighted by molar-refractivity contribution is 5.96. The number of nitrogens with one attached hydrogen (secondary N) is 1. The van der Waals surface area contributed by atoms with Gasteiger partial charge in [-0.05, 0) is 29.8 Å². The van der Waals surface area contributed by atoms with Gasteiger partial charge < -0.3 is 19.5 Å². The van der Waals surface area contributed by atoms with Crippen LogP contribution in [0.15, 0.2) is 41.5 Å². The quantitative estimate of drug-likeness (QED) is 0.690. The van der Waals surface area contributed by atoms with Crippen molar-refractivity contribution < 1.29 is 32.2 Å². The van der Waals surface area contributed by atoms with Gasteiger partial charge in [0.1, 0.15) is 11.9 Å². The van der Waals surface area contributed by atoms with Gasteiger partial charge in [0.05, 0.1) is 42.7 Å². The van der Waals surface area contributed by atoms with Gasteiger partial charge in [0.2, 0.25) is 11.8 Å². The maximum atomic E-state index is 14.0. The molecule has 7 nitrogen and oxygen atoms in total. The number of aromatic nitrogens is 1. The lowest BCUT2D eigenvalue weighted by Gasteiger charge is -2.27. The van der Waals surface area contributed by atoms with Crippen LogP contribution in [-0.2, 0) is 26.9 Å². The summed E-state index contributed by atoms with van der Waals surface area (Å²) in [6, 6.07) is 7.14. The third kappa shape index (κ3) is 5.42. The average molecular weight is 489 g/mol. The van der Waals surface area contributed by atoms with Crippen LogP contribution in [0.2, 0.25) is 0 Å². The highest BCUT2D eigenvalue weighted by Crippen LogP contribution is 2.40. The molecule has 2 atom stereocenters.